The molecule has 3 rings (SSSR count). The van der Waals surface area contributed by atoms with E-state index < -0.39 is 4.92 Å². The summed E-state index contributed by atoms with van der Waals surface area (Å²) in [5.74, 6) is 0.510. The number of fused-ring (bicyclic) bond motifs is 1. The van der Waals surface area contributed by atoms with Crippen molar-refractivity contribution in [1.29, 1.82) is 0 Å². The van der Waals surface area contributed by atoms with Gasteiger partial charge in [0, 0.05) is 24.0 Å². The van der Waals surface area contributed by atoms with Gasteiger partial charge in [-0.05, 0) is 18.2 Å². The van der Waals surface area contributed by atoms with Crippen LogP contribution in [0.15, 0.2) is 48.7 Å². The summed E-state index contributed by atoms with van der Waals surface area (Å²) in [4.78, 5) is 10.3. The van der Waals surface area contributed by atoms with Gasteiger partial charge < -0.3 is 5.32 Å². The molecule has 3 aromatic rings. The first-order chi connectivity index (χ1) is 9.24. The molecule has 0 atom stereocenters. The molecule has 0 aliphatic rings. The first-order valence-corrected chi connectivity index (χ1v) is 5.55. The Morgan fingerprint density at radius 1 is 1.16 bits per heavy atom. The minimum absolute atomic E-state index is 0.0267. The summed E-state index contributed by atoms with van der Waals surface area (Å²) < 4.78 is 1.76. The second-order valence-electron chi connectivity index (χ2n) is 3.88. The molecule has 7 nitrogen and oxygen atoms in total. The van der Waals surface area contributed by atoms with Gasteiger partial charge in [-0.15, -0.1) is 10.2 Å². The number of rotatable bonds is 3. The van der Waals surface area contributed by atoms with E-state index in [1.54, 1.807) is 16.5 Å². The van der Waals surface area contributed by atoms with Crippen molar-refractivity contribution in [2.24, 2.45) is 0 Å². The molecule has 0 spiro atoms. The molecule has 0 saturated heterocycles. The third-order valence-corrected chi connectivity index (χ3v) is 2.63. The number of hydrogen-bond donors (Lipinski definition) is 1. The molecule has 94 valence electrons. The zero-order chi connectivity index (χ0) is 13.2. The third kappa shape index (κ3) is 2.08. The zero-order valence-corrected chi connectivity index (χ0v) is 9.72. The van der Waals surface area contributed by atoms with Crippen LogP contribution >= 0.6 is 0 Å². The van der Waals surface area contributed by atoms with E-state index in [9.17, 15) is 10.1 Å². The number of pyridine rings is 1. The second-order valence-corrected chi connectivity index (χ2v) is 3.88. The van der Waals surface area contributed by atoms with E-state index in [4.69, 9.17) is 0 Å². The topological polar surface area (TPSA) is 85.4 Å². The molecule has 0 fully saturated rings. The molecular formula is C12H9N5O2. The maximum atomic E-state index is 10.7. The molecule has 19 heavy (non-hydrogen) atoms. The van der Waals surface area contributed by atoms with Gasteiger partial charge in [0.15, 0.2) is 5.65 Å². The van der Waals surface area contributed by atoms with Gasteiger partial charge in [-0.1, -0.05) is 12.1 Å². The maximum absolute atomic E-state index is 10.7. The Labute approximate surface area is 107 Å². The lowest BCUT2D eigenvalue weighted by Crippen LogP contribution is -1.97. The third-order valence-electron chi connectivity index (χ3n) is 2.63. The van der Waals surface area contributed by atoms with Crippen LogP contribution in [0.4, 0.5) is 17.3 Å². The SMILES string of the molecule is O=[N+]([O-])c1cccc(Nc2nnc3ccccn23)c1. The average molecular weight is 255 g/mol. The van der Waals surface area contributed by atoms with Gasteiger partial charge in [0.05, 0.1) is 4.92 Å². The van der Waals surface area contributed by atoms with E-state index in [-0.39, 0.29) is 5.69 Å². The normalized spacial score (nSPS) is 10.5. The van der Waals surface area contributed by atoms with Crippen LogP contribution in [-0.2, 0) is 0 Å². The van der Waals surface area contributed by atoms with E-state index in [0.29, 0.717) is 17.3 Å². The summed E-state index contributed by atoms with van der Waals surface area (Å²) in [7, 11) is 0. The first kappa shape index (κ1) is 11.1. The molecule has 0 bridgehead atoms. The van der Waals surface area contributed by atoms with Gasteiger partial charge in [-0.3, -0.25) is 14.5 Å². The summed E-state index contributed by atoms with van der Waals surface area (Å²) in [6.45, 7) is 0. The maximum Gasteiger partial charge on any atom is 0.271 e. The highest BCUT2D eigenvalue weighted by atomic mass is 16.6. The lowest BCUT2D eigenvalue weighted by molar-refractivity contribution is -0.384. The van der Waals surface area contributed by atoms with Crippen LogP contribution in [0.5, 0.6) is 0 Å². The number of benzene rings is 1. The van der Waals surface area contributed by atoms with Crippen LogP contribution in [0.25, 0.3) is 5.65 Å². The Morgan fingerprint density at radius 3 is 2.89 bits per heavy atom. The van der Waals surface area contributed by atoms with Crippen molar-refractivity contribution in [1.82, 2.24) is 14.6 Å². The Morgan fingerprint density at radius 2 is 2.05 bits per heavy atom. The minimum Gasteiger partial charge on any atom is -0.324 e. The molecule has 1 aromatic carbocycles. The van der Waals surface area contributed by atoms with Crippen LogP contribution < -0.4 is 5.32 Å². The Bertz CT molecular complexity index is 752. The lowest BCUT2D eigenvalue weighted by atomic mass is 10.3. The molecule has 0 radical (unpaired) electrons. The minimum atomic E-state index is -0.437. The van der Waals surface area contributed by atoms with E-state index in [1.165, 1.54) is 12.1 Å². The van der Waals surface area contributed by atoms with E-state index in [0.717, 1.165) is 0 Å². The van der Waals surface area contributed by atoms with E-state index in [2.05, 4.69) is 15.5 Å². The van der Waals surface area contributed by atoms with Crippen LogP contribution in [0, 0.1) is 10.1 Å². The summed E-state index contributed by atoms with van der Waals surface area (Å²) in [5, 5.41) is 21.7. The number of aromatic nitrogens is 3. The van der Waals surface area contributed by atoms with Crippen molar-refractivity contribution in [2.75, 3.05) is 5.32 Å². The Hall–Kier alpha value is -2.96. The van der Waals surface area contributed by atoms with Crippen molar-refractivity contribution in [2.45, 2.75) is 0 Å². The smallest absolute Gasteiger partial charge is 0.271 e. The van der Waals surface area contributed by atoms with Crippen LogP contribution in [0.3, 0.4) is 0 Å². The summed E-state index contributed by atoms with van der Waals surface area (Å²) in [6.07, 6.45) is 1.81. The van der Waals surface area contributed by atoms with E-state index >= 15 is 0 Å². The summed E-state index contributed by atoms with van der Waals surface area (Å²) in [6, 6.07) is 11.8. The molecule has 0 unspecified atom stereocenters. The number of hydrogen-bond acceptors (Lipinski definition) is 5. The lowest BCUT2D eigenvalue weighted by Gasteiger charge is -2.03. The van der Waals surface area contributed by atoms with Crippen molar-refractivity contribution in [3.05, 3.63) is 58.8 Å². The highest BCUT2D eigenvalue weighted by Crippen LogP contribution is 2.20. The molecule has 1 N–H and O–H groups in total. The predicted molar refractivity (Wildman–Crippen MR) is 69.4 cm³/mol. The molecule has 0 aliphatic heterocycles. The van der Waals surface area contributed by atoms with Gasteiger partial charge in [0.1, 0.15) is 0 Å². The van der Waals surface area contributed by atoms with Gasteiger partial charge in [0.2, 0.25) is 5.95 Å². The standard InChI is InChI=1S/C12H9N5O2/c18-17(19)10-5-3-4-9(8-10)13-12-15-14-11-6-1-2-7-16(11)12/h1-8H,(H,13,15). The van der Waals surface area contributed by atoms with Crippen molar-refractivity contribution >= 4 is 23.0 Å². The largest absolute Gasteiger partial charge is 0.324 e. The molecule has 2 aromatic heterocycles. The monoisotopic (exact) mass is 255 g/mol. The molecule has 0 saturated carbocycles. The van der Waals surface area contributed by atoms with Gasteiger partial charge in [-0.2, -0.15) is 0 Å². The average Bonchev–Trinajstić information content (AvgIpc) is 2.83. The molecular weight excluding hydrogens is 246 g/mol. The van der Waals surface area contributed by atoms with Gasteiger partial charge >= 0.3 is 0 Å². The van der Waals surface area contributed by atoms with Crippen molar-refractivity contribution < 1.29 is 4.92 Å². The molecule has 0 aliphatic carbocycles. The summed E-state index contributed by atoms with van der Waals surface area (Å²) in [5.41, 5.74) is 1.32. The predicted octanol–water partition coefficient (Wildman–Crippen LogP) is 2.38. The molecule has 7 heteroatoms. The van der Waals surface area contributed by atoms with Crippen molar-refractivity contribution in [3.8, 4) is 0 Å². The Kier molecular flexibility index (Phi) is 2.57. The number of non-ortho nitro benzene ring substituents is 1. The quantitative estimate of drug-likeness (QED) is 0.573. The Balaban J connectivity index is 1.97. The number of nitro benzene ring substituents is 1. The first-order valence-electron chi connectivity index (χ1n) is 5.55. The number of nitrogens with zero attached hydrogens (tertiary/aromatic N) is 4. The fraction of sp³-hybridized carbons (Fsp3) is 0. The van der Waals surface area contributed by atoms with Crippen LogP contribution in [0.1, 0.15) is 0 Å². The van der Waals surface area contributed by atoms with Crippen molar-refractivity contribution in [3.63, 3.8) is 0 Å². The fourth-order valence-electron chi connectivity index (χ4n) is 1.75. The second kappa shape index (κ2) is 4.37. The summed E-state index contributed by atoms with van der Waals surface area (Å²) >= 11 is 0. The highest BCUT2D eigenvalue weighted by molar-refractivity contribution is 5.59. The van der Waals surface area contributed by atoms with Gasteiger partial charge in [-0.25, -0.2) is 0 Å². The molecule has 2 heterocycles. The van der Waals surface area contributed by atoms with Crippen LogP contribution in [-0.4, -0.2) is 19.5 Å². The van der Waals surface area contributed by atoms with Crippen LogP contribution in [0.2, 0.25) is 0 Å². The van der Waals surface area contributed by atoms with Gasteiger partial charge in [0.25, 0.3) is 5.69 Å². The number of nitro groups is 1. The highest BCUT2D eigenvalue weighted by Gasteiger charge is 2.08. The van der Waals surface area contributed by atoms with E-state index in [1.807, 2.05) is 24.4 Å². The fourth-order valence-corrected chi connectivity index (χ4v) is 1.75. The number of anilines is 2. The number of nitrogens with one attached hydrogen (secondary N) is 1. The molecule has 0 amide bonds. The zero-order valence-electron chi connectivity index (χ0n) is 9.72.